The van der Waals surface area contributed by atoms with Gasteiger partial charge in [-0.05, 0) is 57.9 Å². The van der Waals surface area contributed by atoms with Crippen LogP contribution in [-0.4, -0.2) is 119 Å². The Balaban J connectivity index is 2.10. The van der Waals surface area contributed by atoms with Crippen molar-refractivity contribution in [2.24, 2.45) is 11.8 Å². The molecule has 0 unspecified atom stereocenters. The van der Waals surface area contributed by atoms with E-state index in [0.29, 0.717) is 12.8 Å². The molecule has 1 aromatic rings. The number of aliphatic hydroxyl groups is 1. The second kappa shape index (κ2) is 18.0. The van der Waals surface area contributed by atoms with Gasteiger partial charge in [-0.25, -0.2) is 9.59 Å². The summed E-state index contributed by atoms with van der Waals surface area (Å²) >= 11 is 0. The van der Waals surface area contributed by atoms with Crippen molar-refractivity contribution in [1.82, 2.24) is 25.3 Å². The maximum absolute atomic E-state index is 13.9. The first kappa shape index (κ1) is 41.0. The fourth-order valence-corrected chi connectivity index (χ4v) is 5.56. The number of alkyl carbamates (subject to hydrolysis) is 1. The van der Waals surface area contributed by atoms with E-state index in [1.54, 1.807) is 72.7 Å². The molecule has 0 radical (unpaired) electrons. The van der Waals surface area contributed by atoms with Gasteiger partial charge in [-0.15, -0.1) is 0 Å². The van der Waals surface area contributed by atoms with Gasteiger partial charge < -0.3 is 39.9 Å². The van der Waals surface area contributed by atoms with Crippen molar-refractivity contribution < 1.29 is 43.3 Å². The van der Waals surface area contributed by atoms with E-state index in [0.717, 1.165) is 5.56 Å². The van der Waals surface area contributed by atoms with Crippen LogP contribution in [0.5, 0.6) is 0 Å². The monoisotopic (exact) mass is 689 g/mol. The molecule has 1 heterocycles. The summed E-state index contributed by atoms with van der Waals surface area (Å²) in [5, 5.41) is 15.3. The van der Waals surface area contributed by atoms with E-state index < -0.39 is 77.5 Å². The number of likely N-dealkylation sites (N-methyl/N-ethyl adjacent to an activating group) is 2. The number of nitrogens with zero attached hydrogens (tertiary/aromatic N) is 3. The molecule has 0 aliphatic carbocycles. The maximum Gasteiger partial charge on any atom is 0.408 e. The highest BCUT2D eigenvalue weighted by atomic mass is 16.6. The molecule has 14 nitrogen and oxygen atoms in total. The molecule has 0 aromatic heterocycles. The van der Waals surface area contributed by atoms with E-state index in [1.807, 2.05) is 6.07 Å². The summed E-state index contributed by atoms with van der Waals surface area (Å²) in [4.78, 5) is 83.3. The van der Waals surface area contributed by atoms with Crippen molar-refractivity contribution in [3.05, 3.63) is 35.9 Å². The summed E-state index contributed by atoms with van der Waals surface area (Å²) in [6, 6.07) is 4.70. The average molecular weight is 690 g/mol. The standard InChI is InChI=1S/C35H55N5O9/c1-21(2)27(36-30(43)28(23(5)41)37-34(47)48-20-24-15-12-11-13-16-24)32(45)40-18-14-17-25(40)31(44)38(9)19-26(42)39(10)29(22(3)4)33(46)49-35(6,7)8/h11-13,15-16,21-23,25,27-29,41H,14,17-20H2,1-10H3,(H,36,43)(H,37,47)/t23-,25+,27-,28+,29+/m1/s1. The zero-order valence-electron chi connectivity index (χ0n) is 30.5. The number of ether oxygens (including phenoxy) is 2. The van der Waals surface area contributed by atoms with E-state index in [-0.39, 0.29) is 25.6 Å². The lowest BCUT2D eigenvalue weighted by atomic mass is 10.0. The van der Waals surface area contributed by atoms with Crippen LogP contribution in [0, 0.1) is 11.8 Å². The van der Waals surface area contributed by atoms with Gasteiger partial charge >= 0.3 is 12.1 Å². The van der Waals surface area contributed by atoms with Crippen LogP contribution in [-0.2, 0) is 40.1 Å². The lowest BCUT2D eigenvalue weighted by Gasteiger charge is -2.35. The summed E-state index contributed by atoms with van der Waals surface area (Å²) in [7, 11) is 2.96. The lowest BCUT2D eigenvalue weighted by Crippen LogP contribution is -2.60. The highest BCUT2D eigenvalue weighted by molar-refractivity contribution is 5.95. The highest BCUT2D eigenvalue weighted by Gasteiger charge is 2.41. The molecule has 0 bridgehead atoms. The largest absolute Gasteiger partial charge is 0.458 e. The molecular weight excluding hydrogens is 634 g/mol. The van der Waals surface area contributed by atoms with Gasteiger partial charge in [0.2, 0.25) is 23.6 Å². The molecule has 274 valence electrons. The summed E-state index contributed by atoms with van der Waals surface area (Å²) in [5.74, 6) is -3.43. The fourth-order valence-electron chi connectivity index (χ4n) is 5.56. The number of benzene rings is 1. The van der Waals surface area contributed by atoms with Gasteiger partial charge in [-0.3, -0.25) is 19.2 Å². The Morgan fingerprint density at radius 2 is 1.55 bits per heavy atom. The van der Waals surface area contributed by atoms with E-state index in [4.69, 9.17) is 9.47 Å². The predicted molar refractivity (Wildman–Crippen MR) is 182 cm³/mol. The van der Waals surface area contributed by atoms with Gasteiger partial charge in [0.05, 0.1) is 12.6 Å². The third-order valence-electron chi connectivity index (χ3n) is 8.14. The van der Waals surface area contributed by atoms with Crippen molar-refractivity contribution in [3.8, 4) is 0 Å². The maximum atomic E-state index is 13.9. The molecule has 1 saturated heterocycles. The molecule has 49 heavy (non-hydrogen) atoms. The first-order chi connectivity index (χ1) is 22.7. The van der Waals surface area contributed by atoms with Crippen molar-refractivity contribution >= 4 is 35.7 Å². The zero-order valence-corrected chi connectivity index (χ0v) is 30.5. The topological polar surface area (TPSA) is 175 Å². The molecule has 1 fully saturated rings. The van der Waals surface area contributed by atoms with E-state index in [9.17, 15) is 33.9 Å². The van der Waals surface area contributed by atoms with Gasteiger partial charge in [0, 0.05) is 20.6 Å². The molecule has 0 spiro atoms. The third-order valence-corrected chi connectivity index (χ3v) is 8.14. The van der Waals surface area contributed by atoms with Crippen LogP contribution in [0.25, 0.3) is 0 Å². The average Bonchev–Trinajstić information content (AvgIpc) is 3.49. The normalized spacial score (nSPS) is 17.1. The minimum atomic E-state index is -1.42. The molecule has 3 N–H and O–H groups in total. The number of carbonyl (C=O) groups is 6. The smallest absolute Gasteiger partial charge is 0.408 e. The quantitative estimate of drug-likeness (QED) is 0.247. The first-order valence-electron chi connectivity index (χ1n) is 16.7. The van der Waals surface area contributed by atoms with Crippen molar-refractivity contribution in [2.45, 2.75) is 111 Å². The number of esters is 1. The number of amides is 5. The Kier molecular flexibility index (Phi) is 15.0. The van der Waals surface area contributed by atoms with Crippen LogP contribution in [0.1, 0.15) is 73.8 Å². The fraction of sp³-hybridized carbons (Fsp3) is 0.657. The second-order valence-electron chi connectivity index (χ2n) is 14.3. The van der Waals surface area contributed by atoms with Crippen LogP contribution in [0.3, 0.4) is 0 Å². The molecule has 5 atom stereocenters. The molecule has 0 saturated carbocycles. The van der Waals surface area contributed by atoms with Gasteiger partial charge in [0.15, 0.2) is 0 Å². The molecule has 5 amide bonds. The number of aliphatic hydroxyl groups excluding tert-OH is 1. The van der Waals surface area contributed by atoms with E-state index >= 15 is 0 Å². The van der Waals surface area contributed by atoms with E-state index in [1.165, 1.54) is 35.7 Å². The molecule has 1 aliphatic rings. The molecule has 1 aliphatic heterocycles. The van der Waals surface area contributed by atoms with Crippen LogP contribution in [0.2, 0.25) is 0 Å². The van der Waals surface area contributed by atoms with Crippen LogP contribution in [0.15, 0.2) is 30.3 Å². The number of likely N-dealkylation sites (tertiary alicyclic amines) is 1. The molecule has 14 heteroatoms. The number of hydrogen-bond donors (Lipinski definition) is 3. The predicted octanol–water partition coefficient (Wildman–Crippen LogP) is 2.08. The van der Waals surface area contributed by atoms with Gasteiger partial charge in [0.25, 0.3) is 0 Å². The Labute approximate surface area is 289 Å². The number of carbonyl (C=O) groups excluding carboxylic acids is 6. The minimum Gasteiger partial charge on any atom is -0.458 e. The van der Waals surface area contributed by atoms with Crippen molar-refractivity contribution in [3.63, 3.8) is 0 Å². The second-order valence-corrected chi connectivity index (χ2v) is 14.3. The highest BCUT2D eigenvalue weighted by Crippen LogP contribution is 2.23. The Morgan fingerprint density at radius 1 is 0.939 bits per heavy atom. The van der Waals surface area contributed by atoms with Crippen LogP contribution < -0.4 is 10.6 Å². The van der Waals surface area contributed by atoms with E-state index in [2.05, 4.69) is 10.6 Å². The minimum absolute atomic E-state index is 0.0450. The summed E-state index contributed by atoms with van der Waals surface area (Å²) in [6.07, 6.45) is -1.35. The van der Waals surface area contributed by atoms with Crippen LogP contribution >= 0.6 is 0 Å². The summed E-state index contributed by atoms with van der Waals surface area (Å²) < 4.78 is 10.7. The Bertz CT molecular complexity index is 1310. The lowest BCUT2D eigenvalue weighted by molar-refractivity contribution is -0.166. The van der Waals surface area contributed by atoms with Gasteiger partial charge in [-0.1, -0.05) is 58.0 Å². The number of nitrogens with one attached hydrogen (secondary N) is 2. The summed E-state index contributed by atoms with van der Waals surface area (Å²) in [5.41, 5.74) is -0.00660. The Morgan fingerprint density at radius 3 is 2.08 bits per heavy atom. The van der Waals surface area contributed by atoms with Crippen molar-refractivity contribution in [2.75, 3.05) is 27.2 Å². The van der Waals surface area contributed by atoms with Gasteiger partial charge in [0.1, 0.15) is 36.4 Å². The number of hydrogen-bond acceptors (Lipinski definition) is 9. The van der Waals surface area contributed by atoms with Gasteiger partial charge in [-0.2, -0.15) is 0 Å². The third kappa shape index (κ3) is 12.0. The van der Waals surface area contributed by atoms with Crippen molar-refractivity contribution in [1.29, 1.82) is 0 Å². The Hall–Kier alpha value is -4.20. The molecule has 1 aromatic carbocycles. The summed E-state index contributed by atoms with van der Waals surface area (Å²) in [6.45, 7) is 13.5. The SMILES string of the molecule is CC(C)[C@@H](C(=O)OC(C)(C)C)N(C)C(=O)CN(C)C(=O)[C@@H]1CCCN1C(=O)[C@H](NC(=O)[C@@H](NC(=O)OCc1ccccc1)[C@@H](C)O)C(C)C. The number of rotatable bonds is 14. The molecular formula is C35H55N5O9. The first-order valence-corrected chi connectivity index (χ1v) is 16.7. The zero-order chi connectivity index (χ0) is 37.2. The van der Waals surface area contributed by atoms with Crippen LogP contribution in [0.4, 0.5) is 4.79 Å². The molecule has 2 rings (SSSR count).